The summed E-state index contributed by atoms with van der Waals surface area (Å²) in [5.74, 6) is 0.618. The van der Waals surface area contributed by atoms with Gasteiger partial charge in [0.15, 0.2) is 0 Å². The van der Waals surface area contributed by atoms with Crippen LogP contribution in [0.15, 0.2) is 12.4 Å². The Bertz CT molecular complexity index is 479. The van der Waals surface area contributed by atoms with Crippen LogP contribution in [0.4, 0.5) is 5.69 Å². The predicted octanol–water partition coefficient (Wildman–Crippen LogP) is 3.07. The van der Waals surface area contributed by atoms with Crippen molar-refractivity contribution in [1.82, 2.24) is 9.78 Å². The maximum atomic E-state index is 12.0. The zero-order valence-corrected chi connectivity index (χ0v) is 13.8. The molecule has 0 unspecified atom stereocenters. The van der Waals surface area contributed by atoms with Crippen LogP contribution in [-0.4, -0.2) is 39.4 Å². The van der Waals surface area contributed by atoms with Crippen LogP contribution in [0.3, 0.4) is 0 Å². The summed E-state index contributed by atoms with van der Waals surface area (Å²) in [6.45, 7) is 1.63. The number of thioether (sulfide) groups is 1. The van der Waals surface area contributed by atoms with Crippen molar-refractivity contribution in [3.8, 4) is 0 Å². The smallest absolute Gasteiger partial charge is 0.234 e. The lowest BCUT2D eigenvalue weighted by Gasteiger charge is -2.22. The van der Waals surface area contributed by atoms with Crippen LogP contribution in [0, 0.1) is 0 Å². The molecule has 0 spiro atoms. The predicted molar refractivity (Wildman–Crippen MR) is 89.2 cm³/mol. The second-order valence-corrected chi connectivity index (χ2v) is 7.49. The summed E-state index contributed by atoms with van der Waals surface area (Å²) in [7, 11) is 0. The Kier molecular flexibility index (Phi) is 5.78. The van der Waals surface area contributed by atoms with Crippen molar-refractivity contribution in [3.05, 3.63) is 12.4 Å². The van der Waals surface area contributed by atoms with Crippen molar-refractivity contribution in [2.24, 2.45) is 0 Å². The molecular weight excluding hydrogens is 298 g/mol. The lowest BCUT2D eigenvalue weighted by atomic mass is 10.1. The fourth-order valence-corrected chi connectivity index (χ4v) is 4.26. The molecule has 3 rings (SSSR count). The summed E-state index contributed by atoms with van der Waals surface area (Å²) in [6.07, 6.45) is 12.5. The largest absolute Gasteiger partial charge is 0.376 e. The van der Waals surface area contributed by atoms with E-state index < -0.39 is 0 Å². The van der Waals surface area contributed by atoms with Gasteiger partial charge in [0, 0.05) is 18.1 Å². The maximum Gasteiger partial charge on any atom is 0.234 e. The van der Waals surface area contributed by atoms with Crippen molar-refractivity contribution in [2.75, 3.05) is 17.7 Å². The molecule has 2 heterocycles. The summed E-state index contributed by atoms with van der Waals surface area (Å²) in [4.78, 5) is 12.0. The molecule has 2 fully saturated rings. The zero-order chi connectivity index (χ0) is 15.2. The molecule has 5 nitrogen and oxygen atoms in total. The van der Waals surface area contributed by atoms with Crippen LogP contribution >= 0.6 is 11.8 Å². The van der Waals surface area contributed by atoms with E-state index in [4.69, 9.17) is 4.74 Å². The van der Waals surface area contributed by atoms with Gasteiger partial charge in [-0.25, -0.2) is 0 Å². The Balaban J connectivity index is 1.41. The van der Waals surface area contributed by atoms with E-state index in [0.717, 1.165) is 31.7 Å². The number of hydrogen-bond acceptors (Lipinski definition) is 4. The minimum atomic E-state index is 0.0744. The molecule has 1 aliphatic carbocycles. The lowest BCUT2D eigenvalue weighted by Crippen LogP contribution is -2.24. The highest BCUT2D eigenvalue weighted by Crippen LogP contribution is 2.29. The van der Waals surface area contributed by atoms with Crippen LogP contribution in [0.25, 0.3) is 0 Å². The van der Waals surface area contributed by atoms with Gasteiger partial charge in [0.2, 0.25) is 5.91 Å². The number of carbonyl (C=O) groups excluding carboxylic acids is 1. The summed E-state index contributed by atoms with van der Waals surface area (Å²) in [6, 6.07) is 0. The lowest BCUT2D eigenvalue weighted by molar-refractivity contribution is -0.113. The van der Waals surface area contributed by atoms with E-state index >= 15 is 0 Å². The van der Waals surface area contributed by atoms with E-state index in [1.165, 1.54) is 32.1 Å². The van der Waals surface area contributed by atoms with Gasteiger partial charge in [-0.05, 0) is 32.1 Å². The molecule has 0 radical (unpaired) electrons. The monoisotopic (exact) mass is 323 g/mol. The van der Waals surface area contributed by atoms with Crippen molar-refractivity contribution >= 4 is 23.4 Å². The average Bonchev–Trinajstić information content (AvgIpc) is 3.18. The van der Waals surface area contributed by atoms with Gasteiger partial charge in [-0.3, -0.25) is 9.48 Å². The molecule has 122 valence electrons. The van der Waals surface area contributed by atoms with Crippen LogP contribution in [0.2, 0.25) is 0 Å². The zero-order valence-electron chi connectivity index (χ0n) is 13.0. The molecule has 1 aromatic rings. The SMILES string of the molecule is O=C(CSC1CCCC1)Nc1cnn(C[C@H]2CCCCO2)c1. The first kappa shape index (κ1) is 15.9. The Morgan fingerprint density at radius 2 is 2.14 bits per heavy atom. The summed E-state index contributed by atoms with van der Waals surface area (Å²) in [5.41, 5.74) is 0.785. The normalized spacial score (nSPS) is 22.8. The van der Waals surface area contributed by atoms with Gasteiger partial charge in [0.1, 0.15) is 0 Å². The molecule has 0 bridgehead atoms. The quantitative estimate of drug-likeness (QED) is 0.874. The highest BCUT2D eigenvalue weighted by Gasteiger charge is 2.17. The van der Waals surface area contributed by atoms with Gasteiger partial charge in [-0.1, -0.05) is 12.8 Å². The molecule has 1 aromatic heterocycles. The summed E-state index contributed by atoms with van der Waals surface area (Å²) >= 11 is 1.79. The molecule has 1 amide bonds. The number of amides is 1. The third kappa shape index (κ3) is 4.74. The number of nitrogens with one attached hydrogen (secondary N) is 1. The van der Waals surface area contributed by atoms with Gasteiger partial charge in [-0.2, -0.15) is 5.10 Å². The Morgan fingerprint density at radius 1 is 1.32 bits per heavy atom. The van der Waals surface area contributed by atoms with E-state index in [0.29, 0.717) is 11.0 Å². The molecule has 0 aromatic carbocycles. The number of hydrogen-bond donors (Lipinski definition) is 1. The maximum absolute atomic E-state index is 12.0. The molecule has 1 aliphatic heterocycles. The van der Waals surface area contributed by atoms with Crippen LogP contribution in [0.1, 0.15) is 44.9 Å². The van der Waals surface area contributed by atoms with E-state index in [-0.39, 0.29) is 12.0 Å². The highest BCUT2D eigenvalue weighted by molar-refractivity contribution is 8.00. The number of carbonyl (C=O) groups is 1. The number of ether oxygens (including phenoxy) is 1. The second-order valence-electron chi connectivity index (χ2n) is 6.21. The molecule has 1 saturated heterocycles. The topological polar surface area (TPSA) is 56.2 Å². The number of rotatable bonds is 6. The van der Waals surface area contributed by atoms with E-state index in [2.05, 4.69) is 10.4 Å². The van der Waals surface area contributed by atoms with Gasteiger partial charge in [-0.15, -0.1) is 11.8 Å². The number of aromatic nitrogens is 2. The van der Waals surface area contributed by atoms with Crippen LogP contribution in [-0.2, 0) is 16.1 Å². The second kappa shape index (κ2) is 8.02. The molecule has 1 N–H and O–H groups in total. The fraction of sp³-hybridized carbons (Fsp3) is 0.750. The van der Waals surface area contributed by atoms with Crippen molar-refractivity contribution in [2.45, 2.75) is 62.8 Å². The third-order valence-corrected chi connectivity index (χ3v) is 5.71. The molecule has 1 atom stereocenters. The molecule has 1 saturated carbocycles. The van der Waals surface area contributed by atoms with Gasteiger partial charge < -0.3 is 10.1 Å². The molecular formula is C16H25N3O2S. The molecule has 6 heteroatoms. The minimum absolute atomic E-state index is 0.0744. The van der Waals surface area contributed by atoms with E-state index in [9.17, 15) is 4.79 Å². The van der Waals surface area contributed by atoms with Crippen molar-refractivity contribution < 1.29 is 9.53 Å². The van der Waals surface area contributed by atoms with Gasteiger partial charge in [0.25, 0.3) is 0 Å². The van der Waals surface area contributed by atoms with E-state index in [1.807, 2.05) is 10.9 Å². The standard InChI is InChI=1S/C16H25N3O2S/c20-16(12-22-15-6-1-2-7-15)18-13-9-17-19(10-13)11-14-5-3-4-8-21-14/h9-10,14-15H,1-8,11-12H2,(H,18,20)/t14-/m1/s1. The highest BCUT2D eigenvalue weighted by atomic mass is 32.2. The Labute approximate surface area is 136 Å². The number of anilines is 1. The molecule has 2 aliphatic rings. The first-order valence-corrected chi connectivity index (χ1v) is 9.40. The van der Waals surface area contributed by atoms with Crippen LogP contribution in [0.5, 0.6) is 0 Å². The first-order valence-electron chi connectivity index (χ1n) is 8.35. The Morgan fingerprint density at radius 3 is 2.91 bits per heavy atom. The van der Waals surface area contributed by atoms with E-state index in [1.54, 1.807) is 18.0 Å². The van der Waals surface area contributed by atoms with Gasteiger partial charge in [0.05, 0.1) is 30.3 Å². The first-order chi connectivity index (χ1) is 10.8. The average molecular weight is 323 g/mol. The third-order valence-electron chi connectivity index (χ3n) is 4.33. The molecule has 22 heavy (non-hydrogen) atoms. The van der Waals surface area contributed by atoms with Crippen LogP contribution < -0.4 is 5.32 Å². The van der Waals surface area contributed by atoms with Gasteiger partial charge >= 0.3 is 0 Å². The Hall–Kier alpha value is -1.01. The van der Waals surface area contributed by atoms with Crippen molar-refractivity contribution in [3.63, 3.8) is 0 Å². The number of nitrogens with zero attached hydrogens (tertiary/aromatic N) is 2. The fourth-order valence-electron chi connectivity index (χ4n) is 3.13. The minimum Gasteiger partial charge on any atom is -0.376 e. The summed E-state index contributed by atoms with van der Waals surface area (Å²) < 4.78 is 7.59. The van der Waals surface area contributed by atoms with Crippen molar-refractivity contribution in [1.29, 1.82) is 0 Å². The summed E-state index contributed by atoms with van der Waals surface area (Å²) in [5, 5.41) is 7.93.